The number of hydrogen-bond acceptors (Lipinski definition) is 6. The quantitative estimate of drug-likeness (QED) is 0.716. The second-order valence-corrected chi connectivity index (χ2v) is 4.88. The molecule has 0 radical (unpaired) electrons. The predicted molar refractivity (Wildman–Crippen MR) is 73.9 cm³/mol. The number of nitrogen functional groups attached to an aromatic ring is 1. The molecule has 0 aliphatic carbocycles. The number of aryl methyl sites for hydroxylation is 1. The van der Waals surface area contributed by atoms with E-state index in [9.17, 15) is 9.59 Å². The molecule has 0 aromatic carbocycles. The largest absolute Gasteiger partial charge is 0.467 e. The average molecular weight is 286 g/mol. The summed E-state index contributed by atoms with van der Waals surface area (Å²) in [6, 6.07) is -0.676. The van der Waals surface area contributed by atoms with E-state index in [4.69, 9.17) is 5.73 Å². The summed E-state index contributed by atoms with van der Waals surface area (Å²) in [5, 5.41) is 6.50. The molecule has 106 valence electrons. The van der Waals surface area contributed by atoms with Crippen molar-refractivity contribution in [1.29, 1.82) is 0 Å². The molecule has 3 N–H and O–H groups in total. The van der Waals surface area contributed by atoms with Gasteiger partial charge in [0.15, 0.2) is 0 Å². The van der Waals surface area contributed by atoms with E-state index < -0.39 is 17.9 Å². The Kier molecular flexibility index (Phi) is 5.68. The van der Waals surface area contributed by atoms with Crippen molar-refractivity contribution in [2.24, 2.45) is 7.05 Å². The van der Waals surface area contributed by atoms with Crippen molar-refractivity contribution in [2.45, 2.75) is 12.5 Å². The summed E-state index contributed by atoms with van der Waals surface area (Å²) in [6.07, 6.45) is 3.79. The minimum Gasteiger partial charge on any atom is -0.467 e. The molecule has 19 heavy (non-hydrogen) atoms. The first-order valence-electron chi connectivity index (χ1n) is 5.66. The van der Waals surface area contributed by atoms with Gasteiger partial charge in [0.2, 0.25) is 0 Å². The molecule has 1 amide bonds. The molecule has 0 fully saturated rings. The lowest BCUT2D eigenvalue weighted by molar-refractivity contribution is -0.142. The number of rotatable bonds is 6. The van der Waals surface area contributed by atoms with Crippen LogP contribution in [0.4, 0.5) is 5.82 Å². The van der Waals surface area contributed by atoms with E-state index in [1.807, 2.05) is 6.26 Å². The number of thioether (sulfide) groups is 1. The van der Waals surface area contributed by atoms with Gasteiger partial charge in [0.25, 0.3) is 5.91 Å². The van der Waals surface area contributed by atoms with Crippen LogP contribution in [0.3, 0.4) is 0 Å². The van der Waals surface area contributed by atoms with Gasteiger partial charge in [0.05, 0.1) is 13.3 Å². The number of nitrogens with two attached hydrogens (primary N) is 1. The Bertz CT molecular complexity index is 461. The number of esters is 1. The Labute approximate surface area is 115 Å². The monoisotopic (exact) mass is 286 g/mol. The summed E-state index contributed by atoms with van der Waals surface area (Å²) >= 11 is 1.59. The van der Waals surface area contributed by atoms with E-state index in [1.54, 1.807) is 18.8 Å². The number of hydrogen-bond donors (Lipinski definition) is 2. The number of amides is 1. The molecule has 0 bridgehead atoms. The SMILES string of the molecule is COC(=O)C(CCSC)NC(=O)c1cnn(C)c1N. The number of aromatic nitrogens is 2. The molecule has 0 spiro atoms. The molecule has 1 atom stereocenters. The zero-order valence-corrected chi connectivity index (χ0v) is 12.0. The number of carbonyl (C=O) groups is 2. The summed E-state index contributed by atoms with van der Waals surface area (Å²) in [5.41, 5.74) is 5.96. The highest BCUT2D eigenvalue weighted by Gasteiger charge is 2.23. The third kappa shape index (κ3) is 3.88. The molecular formula is C11H18N4O3S. The fraction of sp³-hybridized carbons (Fsp3) is 0.545. The fourth-order valence-corrected chi connectivity index (χ4v) is 1.96. The number of ether oxygens (including phenoxy) is 1. The van der Waals surface area contributed by atoms with Crippen LogP contribution in [0.15, 0.2) is 6.20 Å². The minimum absolute atomic E-state index is 0.251. The third-order valence-electron chi connectivity index (χ3n) is 2.63. The van der Waals surface area contributed by atoms with Crippen LogP contribution in [-0.4, -0.2) is 46.8 Å². The topological polar surface area (TPSA) is 99.2 Å². The van der Waals surface area contributed by atoms with Crippen LogP contribution in [0.5, 0.6) is 0 Å². The maximum atomic E-state index is 12.0. The zero-order valence-electron chi connectivity index (χ0n) is 11.2. The molecule has 1 unspecified atom stereocenters. The van der Waals surface area contributed by atoms with Crippen molar-refractivity contribution in [1.82, 2.24) is 15.1 Å². The van der Waals surface area contributed by atoms with E-state index in [2.05, 4.69) is 15.2 Å². The van der Waals surface area contributed by atoms with Crippen LogP contribution in [-0.2, 0) is 16.6 Å². The number of nitrogens with zero attached hydrogens (tertiary/aromatic N) is 2. The smallest absolute Gasteiger partial charge is 0.328 e. The first kappa shape index (κ1) is 15.4. The zero-order chi connectivity index (χ0) is 14.4. The lowest BCUT2D eigenvalue weighted by atomic mass is 10.2. The van der Waals surface area contributed by atoms with Crippen molar-refractivity contribution in [3.05, 3.63) is 11.8 Å². The standard InChI is InChI=1S/C11H18N4O3S/c1-15-9(12)7(6-13-15)10(16)14-8(4-5-19-3)11(17)18-2/h6,8H,4-5,12H2,1-3H3,(H,14,16). The van der Waals surface area contributed by atoms with Gasteiger partial charge >= 0.3 is 5.97 Å². The number of nitrogens with one attached hydrogen (secondary N) is 1. The lowest BCUT2D eigenvalue weighted by Gasteiger charge is -2.15. The average Bonchev–Trinajstić information content (AvgIpc) is 2.74. The van der Waals surface area contributed by atoms with E-state index in [1.165, 1.54) is 18.0 Å². The molecule has 0 aliphatic rings. The third-order valence-corrected chi connectivity index (χ3v) is 3.27. The van der Waals surface area contributed by atoms with Gasteiger partial charge in [-0.05, 0) is 18.4 Å². The highest BCUT2D eigenvalue weighted by Crippen LogP contribution is 2.10. The van der Waals surface area contributed by atoms with E-state index in [-0.39, 0.29) is 11.4 Å². The molecule has 0 saturated heterocycles. The van der Waals surface area contributed by atoms with Gasteiger partial charge in [-0.2, -0.15) is 16.9 Å². The maximum Gasteiger partial charge on any atom is 0.328 e. The first-order valence-corrected chi connectivity index (χ1v) is 7.05. The van der Waals surface area contributed by atoms with Gasteiger partial charge in [-0.25, -0.2) is 4.79 Å². The highest BCUT2D eigenvalue weighted by atomic mass is 32.2. The molecule has 1 rings (SSSR count). The summed E-state index contributed by atoms with van der Waals surface area (Å²) in [6.45, 7) is 0. The van der Waals surface area contributed by atoms with Crippen molar-refractivity contribution in [3.63, 3.8) is 0 Å². The van der Waals surface area contributed by atoms with E-state index in [0.29, 0.717) is 6.42 Å². The molecule has 0 aliphatic heterocycles. The number of anilines is 1. The number of methoxy groups -OCH3 is 1. The Morgan fingerprint density at radius 2 is 2.32 bits per heavy atom. The number of carbonyl (C=O) groups excluding carboxylic acids is 2. The molecular weight excluding hydrogens is 268 g/mol. The van der Waals surface area contributed by atoms with Crippen LogP contribution in [0, 0.1) is 0 Å². The summed E-state index contributed by atoms with van der Waals surface area (Å²) in [4.78, 5) is 23.6. The molecule has 1 heterocycles. The van der Waals surface area contributed by atoms with Gasteiger partial charge in [-0.3, -0.25) is 9.48 Å². The van der Waals surface area contributed by atoms with Gasteiger partial charge < -0.3 is 15.8 Å². The maximum absolute atomic E-state index is 12.0. The molecule has 8 heteroatoms. The second-order valence-electron chi connectivity index (χ2n) is 3.90. The van der Waals surface area contributed by atoms with E-state index in [0.717, 1.165) is 5.75 Å². The van der Waals surface area contributed by atoms with Crippen molar-refractivity contribution >= 4 is 29.5 Å². The molecule has 0 saturated carbocycles. The molecule has 7 nitrogen and oxygen atoms in total. The Hall–Kier alpha value is -1.70. The normalized spacial score (nSPS) is 11.9. The second kappa shape index (κ2) is 7.03. The Balaban J connectivity index is 2.75. The lowest BCUT2D eigenvalue weighted by Crippen LogP contribution is -2.42. The highest BCUT2D eigenvalue weighted by molar-refractivity contribution is 7.98. The predicted octanol–water partition coefficient (Wildman–Crippen LogP) is 0.0268. The summed E-state index contributed by atoms with van der Waals surface area (Å²) < 4.78 is 6.06. The van der Waals surface area contributed by atoms with Crippen molar-refractivity contribution in [2.75, 3.05) is 24.9 Å². The first-order chi connectivity index (χ1) is 9.01. The van der Waals surface area contributed by atoms with E-state index >= 15 is 0 Å². The van der Waals surface area contributed by atoms with Gasteiger partial charge in [0, 0.05) is 7.05 Å². The van der Waals surface area contributed by atoms with Gasteiger partial charge in [-0.15, -0.1) is 0 Å². The van der Waals surface area contributed by atoms with Crippen LogP contribution >= 0.6 is 11.8 Å². The fourth-order valence-electron chi connectivity index (χ4n) is 1.48. The Morgan fingerprint density at radius 1 is 1.63 bits per heavy atom. The van der Waals surface area contributed by atoms with Crippen LogP contribution in [0.1, 0.15) is 16.8 Å². The van der Waals surface area contributed by atoms with Crippen LogP contribution in [0.2, 0.25) is 0 Å². The van der Waals surface area contributed by atoms with Crippen molar-refractivity contribution in [3.8, 4) is 0 Å². The van der Waals surface area contributed by atoms with Crippen LogP contribution in [0.25, 0.3) is 0 Å². The van der Waals surface area contributed by atoms with Gasteiger partial charge in [0.1, 0.15) is 17.4 Å². The molecule has 1 aromatic rings. The van der Waals surface area contributed by atoms with Crippen molar-refractivity contribution < 1.29 is 14.3 Å². The minimum atomic E-state index is -0.676. The Morgan fingerprint density at radius 3 is 2.79 bits per heavy atom. The van der Waals surface area contributed by atoms with Crippen LogP contribution < -0.4 is 11.1 Å². The van der Waals surface area contributed by atoms with Gasteiger partial charge in [-0.1, -0.05) is 0 Å². The summed E-state index contributed by atoms with van der Waals surface area (Å²) in [5.74, 6) is 0.0979. The molecule has 1 aromatic heterocycles. The summed E-state index contributed by atoms with van der Waals surface area (Å²) in [7, 11) is 2.93.